The van der Waals surface area contributed by atoms with Crippen LogP contribution in [0.1, 0.15) is 28.8 Å². The van der Waals surface area contributed by atoms with E-state index in [4.69, 9.17) is 14.2 Å². The van der Waals surface area contributed by atoms with Gasteiger partial charge in [0, 0.05) is 18.7 Å². The third kappa shape index (κ3) is 4.62. The number of anilines is 1. The predicted molar refractivity (Wildman–Crippen MR) is 114 cm³/mol. The van der Waals surface area contributed by atoms with E-state index in [1.54, 1.807) is 36.4 Å². The van der Waals surface area contributed by atoms with Gasteiger partial charge in [-0.1, -0.05) is 6.07 Å². The molecule has 0 radical (unpaired) electrons. The van der Waals surface area contributed by atoms with Gasteiger partial charge < -0.3 is 19.5 Å². The highest BCUT2D eigenvalue weighted by Crippen LogP contribution is 2.38. The van der Waals surface area contributed by atoms with Crippen LogP contribution >= 0.6 is 0 Å². The third-order valence-electron chi connectivity index (χ3n) is 4.92. The first kappa shape index (κ1) is 21.8. The van der Waals surface area contributed by atoms with Gasteiger partial charge in [-0.15, -0.1) is 0 Å². The van der Waals surface area contributed by atoms with Crippen molar-refractivity contribution in [2.24, 2.45) is 0 Å². The number of rotatable bonds is 7. The number of nitrogens with one attached hydrogen (secondary N) is 1. The normalized spacial score (nSPS) is 15.4. The second-order valence-corrected chi connectivity index (χ2v) is 8.87. The van der Waals surface area contributed by atoms with Crippen molar-refractivity contribution in [1.29, 1.82) is 0 Å². The van der Waals surface area contributed by atoms with Gasteiger partial charge in [0.15, 0.2) is 11.5 Å². The molecule has 8 nitrogen and oxygen atoms in total. The Hall–Kier alpha value is -2.94. The Morgan fingerprint density at radius 3 is 2.33 bits per heavy atom. The molecule has 1 heterocycles. The van der Waals surface area contributed by atoms with Crippen molar-refractivity contribution in [2.75, 3.05) is 37.9 Å². The molecule has 1 amide bonds. The molecule has 0 aliphatic carbocycles. The van der Waals surface area contributed by atoms with Crippen LogP contribution < -0.4 is 23.8 Å². The topological polar surface area (TPSA) is 94.2 Å². The largest absolute Gasteiger partial charge is 0.493 e. The summed E-state index contributed by atoms with van der Waals surface area (Å²) >= 11 is 0. The number of carbonyl (C=O) groups excluding carboxylic acids is 1. The van der Waals surface area contributed by atoms with Crippen molar-refractivity contribution in [3.05, 3.63) is 47.5 Å². The van der Waals surface area contributed by atoms with Crippen LogP contribution in [-0.2, 0) is 16.6 Å². The minimum atomic E-state index is -3.33. The van der Waals surface area contributed by atoms with E-state index in [0.29, 0.717) is 41.5 Å². The fourth-order valence-corrected chi connectivity index (χ4v) is 5.03. The van der Waals surface area contributed by atoms with Gasteiger partial charge in [-0.2, -0.15) is 0 Å². The monoisotopic (exact) mass is 434 g/mol. The Balaban J connectivity index is 1.76. The molecule has 0 atom stereocenters. The van der Waals surface area contributed by atoms with Crippen LogP contribution in [0.2, 0.25) is 0 Å². The highest BCUT2D eigenvalue weighted by Gasteiger charge is 2.26. The average Bonchev–Trinajstić information content (AvgIpc) is 2.76. The Morgan fingerprint density at radius 2 is 1.73 bits per heavy atom. The summed E-state index contributed by atoms with van der Waals surface area (Å²) in [5.74, 6) is 1.30. The molecule has 9 heteroatoms. The van der Waals surface area contributed by atoms with Gasteiger partial charge in [0.25, 0.3) is 5.91 Å². The van der Waals surface area contributed by atoms with Crippen molar-refractivity contribution in [3.63, 3.8) is 0 Å². The van der Waals surface area contributed by atoms with Gasteiger partial charge in [-0.3, -0.25) is 9.10 Å². The number of hydrogen-bond acceptors (Lipinski definition) is 6. The second-order valence-electron chi connectivity index (χ2n) is 6.86. The molecule has 2 aromatic carbocycles. The molecule has 1 aliphatic rings. The SMILES string of the molecule is COc1cc(CNC(=O)c2cccc(N3CCCCS3(=O)=O)c2)cc(OC)c1OC. The number of amides is 1. The lowest BCUT2D eigenvalue weighted by Crippen LogP contribution is -2.38. The van der Waals surface area contributed by atoms with Crippen molar-refractivity contribution < 1.29 is 27.4 Å². The fraction of sp³-hybridized carbons (Fsp3) is 0.381. The van der Waals surface area contributed by atoms with Crippen LogP contribution in [0.3, 0.4) is 0 Å². The number of hydrogen-bond donors (Lipinski definition) is 1. The number of nitrogens with zero attached hydrogens (tertiary/aromatic N) is 1. The molecule has 0 spiro atoms. The summed E-state index contributed by atoms with van der Waals surface area (Å²) in [6.45, 7) is 0.667. The molecule has 3 rings (SSSR count). The lowest BCUT2D eigenvalue weighted by atomic mass is 10.1. The lowest BCUT2D eigenvalue weighted by Gasteiger charge is -2.28. The van der Waals surface area contributed by atoms with Gasteiger partial charge in [0.2, 0.25) is 15.8 Å². The Bertz CT molecular complexity index is 997. The smallest absolute Gasteiger partial charge is 0.251 e. The van der Waals surface area contributed by atoms with Crippen LogP contribution in [0.5, 0.6) is 17.2 Å². The molecule has 2 aromatic rings. The van der Waals surface area contributed by atoms with Gasteiger partial charge in [-0.05, 0) is 48.7 Å². The summed E-state index contributed by atoms with van der Waals surface area (Å²) < 4.78 is 42.0. The van der Waals surface area contributed by atoms with Gasteiger partial charge in [-0.25, -0.2) is 8.42 Å². The van der Waals surface area contributed by atoms with Crippen molar-refractivity contribution in [1.82, 2.24) is 5.32 Å². The zero-order valence-corrected chi connectivity index (χ0v) is 18.1. The summed E-state index contributed by atoms with van der Waals surface area (Å²) in [5, 5.41) is 2.85. The van der Waals surface area contributed by atoms with Crippen LogP contribution in [0, 0.1) is 0 Å². The number of carbonyl (C=O) groups is 1. The molecule has 1 saturated heterocycles. The van der Waals surface area contributed by atoms with E-state index < -0.39 is 10.0 Å². The van der Waals surface area contributed by atoms with E-state index in [1.165, 1.54) is 25.6 Å². The maximum Gasteiger partial charge on any atom is 0.251 e. The van der Waals surface area contributed by atoms with Gasteiger partial charge in [0.1, 0.15) is 0 Å². The minimum Gasteiger partial charge on any atom is -0.493 e. The average molecular weight is 435 g/mol. The van der Waals surface area contributed by atoms with Crippen molar-refractivity contribution >= 4 is 21.6 Å². The molecule has 0 aromatic heterocycles. The molecular weight excluding hydrogens is 408 g/mol. The number of benzene rings is 2. The molecule has 0 unspecified atom stereocenters. The first-order chi connectivity index (χ1) is 14.4. The van der Waals surface area contributed by atoms with E-state index in [-0.39, 0.29) is 18.2 Å². The van der Waals surface area contributed by atoms with Gasteiger partial charge >= 0.3 is 0 Å². The summed E-state index contributed by atoms with van der Waals surface area (Å²) in [6, 6.07) is 10.2. The summed E-state index contributed by atoms with van der Waals surface area (Å²) in [4.78, 5) is 12.7. The van der Waals surface area contributed by atoms with Crippen molar-refractivity contribution in [2.45, 2.75) is 19.4 Å². The second kappa shape index (κ2) is 9.25. The summed E-state index contributed by atoms with van der Waals surface area (Å²) in [5.41, 5.74) is 1.67. The van der Waals surface area contributed by atoms with Gasteiger partial charge in [0.05, 0.1) is 32.8 Å². The zero-order valence-electron chi connectivity index (χ0n) is 17.3. The Kier molecular flexibility index (Phi) is 6.71. The third-order valence-corrected chi connectivity index (χ3v) is 6.79. The molecule has 1 N–H and O–H groups in total. The van der Waals surface area contributed by atoms with E-state index in [9.17, 15) is 13.2 Å². The molecule has 162 valence electrons. The van der Waals surface area contributed by atoms with Crippen LogP contribution in [-0.4, -0.2) is 48.0 Å². The summed E-state index contributed by atoms with van der Waals surface area (Å²) in [7, 11) is 1.25. The number of ether oxygens (including phenoxy) is 3. The lowest BCUT2D eigenvalue weighted by molar-refractivity contribution is 0.0951. The molecular formula is C21H26N2O6S. The summed E-state index contributed by atoms with van der Waals surface area (Å²) in [6.07, 6.45) is 1.46. The quantitative estimate of drug-likeness (QED) is 0.720. The first-order valence-electron chi connectivity index (χ1n) is 9.57. The maximum absolute atomic E-state index is 12.7. The van der Waals surface area contributed by atoms with Crippen LogP contribution in [0.15, 0.2) is 36.4 Å². The standard InChI is InChI=1S/C21H26N2O6S/c1-27-18-11-15(12-19(28-2)20(18)29-3)14-22-21(24)16-7-6-8-17(13-16)23-9-4-5-10-30(23,25)26/h6-8,11-13H,4-5,9-10,14H2,1-3H3,(H,22,24). The molecule has 1 fully saturated rings. The first-order valence-corrected chi connectivity index (χ1v) is 11.2. The van der Waals surface area contributed by atoms with E-state index in [1.807, 2.05) is 0 Å². The highest BCUT2D eigenvalue weighted by atomic mass is 32.2. The maximum atomic E-state index is 12.7. The number of sulfonamides is 1. The Labute approximate surface area is 176 Å². The van der Waals surface area contributed by atoms with E-state index in [0.717, 1.165) is 12.0 Å². The number of methoxy groups -OCH3 is 3. The highest BCUT2D eigenvalue weighted by molar-refractivity contribution is 7.92. The predicted octanol–water partition coefficient (Wildman–Crippen LogP) is 2.57. The minimum absolute atomic E-state index is 0.130. The fourth-order valence-electron chi connectivity index (χ4n) is 3.40. The van der Waals surface area contributed by atoms with E-state index in [2.05, 4.69) is 5.32 Å². The molecule has 30 heavy (non-hydrogen) atoms. The Morgan fingerprint density at radius 1 is 1.03 bits per heavy atom. The molecule has 1 aliphatic heterocycles. The van der Waals surface area contributed by atoms with Crippen LogP contribution in [0.4, 0.5) is 5.69 Å². The molecule has 0 saturated carbocycles. The zero-order chi connectivity index (χ0) is 21.7. The van der Waals surface area contributed by atoms with Crippen LogP contribution in [0.25, 0.3) is 0 Å². The van der Waals surface area contributed by atoms with E-state index >= 15 is 0 Å². The molecule has 0 bridgehead atoms. The van der Waals surface area contributed by atoms with Crippen molar-refractivity contribution in [3.8, 4) is 17.2 Å².